The van der Waals surface area contributed by atoms with Crippen LogP contribution in [0.4, 0.5) is 11.4 Å². The van der Waals surface area contributed by atoms with E-state index in [-0.39, 0.29) is 17.0 Å². The van der Waals surface area contributed by atoms with E-state index in [2.05, 4.69) is 26.1 Å². The summed E-state index contributed by atoms with van der Waals surface area (Å²) in [6.45, 7) is 9.66. The molecule has 1 unspecified atom stereocenters. The zero-order valence-corrected chi connectivity index (χ0v) is 15.7. The first-order valence-electron chi connectivity index (χ1n) is 8.41. The van der Waals surface area contributed by atoms with E-state index in [9.17, 15) is 14.9 Å². The van der Waals surface area contributed by atoms with Crippen molar-refractivity contribution in [2.24, 2.45) is 0 Å². The maximum absolute atomic E-state index is 12.3. The predicted molar refractivity (Wildman–Crippen MR) is 102 cm³/mol. The number of anilines is 1. The number of aryl methyl sites for hydroxylation is 1. The summed E-state index contributed by atoms with van der Waals surface area (Å²) in [6, 6.07) is 12.2. The molecule has 0 aliphatic rings. The molecule has 0 radical (unpaired) electrons. The van der Waals surface area contributed by atoms with Crippen LogP contribution in [0, 0.1) is 17.0 Å². The molecular formula is C20H24N2O4. The smallest absolute Gasteiger partial charge is 0.274 e. The molecular weight excluding hydrogens is 332 g/mol. The zero-order valence-electron chi connectivity index (χ0n) is 15.7. The van der Waals surface area contributed by atoms with Gasteiger partial charge in [-0.3, -0.25) is 14.9 Å². The summed E-state index contributed by atoms with van der Waals surface area (Å²) in [5.74, 6) is 0.221. The minimum absolute atomic E-state index is 0.0332. The van der Waals surface area contributed by atoms with Gasteiger partial charge in [-0.15, -0.1) is 0 Å². The molecule has 2 aromatic carbocycles. The molecule has 0 bridgehead atoms. The zero-order chi connectivity index (χ0) is 19.5. The van der Waals surface area contributed by atoms with Crippen LogP contribution < -0.4 is 10.1 Å². The summed E-state index contributed by atoms with van der Waals surface area (Å²) in [5, 5.41) is 13.7. The maximum Gasteiger partial charge on any atom is 0.274 e. The highest BCUT2D eigenvalue weighted by molar-refractivity contribution is 5.94. The number of benzene rings is 2. The molecule has 26 heavy (non-hydrogen) atoms. The third kappa shape index (κ3) is 4.81. The maximum atomic E-state index is 12.3. The van der Waals surface area contributed by atoms with Crippen LogP contribution in [0.5, 0.6) is 5.75 Å². The van der Waals surface area contributed by atoms with Gasteiger partial charge in [-0.25, -0.2) is 0 Å². The van der Waals surface area contributed by atoms with Crippen LogP contribution in [0.2, 0.25) is 0 Å². The summed E-state index contributed by atoms with van der Waals surface area (Å²) < 4.78 is 5.67. The van der Waals surface area contributed by atoms with Gasteiger partial charge in [0, 0.05) is 17.3 Å². The molecule has 138 valence electrons. The van der Waals surface area contributed by atoms with Gasteiger partial charge in [0.2, 0.25) is 0 Å². The number of hydrogen-bond donors (Lipinski definition) is 1. The third-order valence-electron chi connectivity index (χ3n) is 4.08. The molecule has 0 aliphatic carbocycles. The SMILES string of the molecule is Cc1ccc(NC(=O)C(C)Oc2ccc(C(C)(C)C)cc2)cc1[N+](=O)[O-]. The fourth-order valence-corrected chi connectivity index (χ4v) is 2.42. The molecule has 2 aromatic rings. The number of nitrogens with one attached hydrogen (secondary N) is 1. The summed E-state index contributed by atoms with van der Waals surface area (Å²) in [7, 11) is 0. The Morgan fingerprint density at radius 2 is 1.77 bits per heavy atom. The summed E-state index contributed by atoms with van der Waals surface area (Å²) in [4.78, 5) is 22.8. The summed E-state index contributed by atoms with van der Waals surface area (Å²) in [5.41, 5.74) is 2.09. The van der Waals surface area contributed by atoms with Crippen LogP contribution in [-0.2, 0) is 10.2 Å². The van der Waals surface area contributed by atoms with E-state index in [1.165, 1.54) is 11.6 Å². The largest absolute Gasteiger partial charge is 0.481 e. The van der Waals surface area contributed by atoms with Gasteiger partial charge in [-0.2, -0.15) is 0 Å². The quantitative estimate of drug-likeness (QED) is 0.627. The first-order valence-corrected chi connectivity index (χ1v) is 8.41. The van der Waals surface area contributed by atoms with Crippen molar-refractivity contribution >= 4 is 17.3 Å². The van der Waals surface area contributed by atoms with Crippen molar-refractivity contribution in [2.75, 3.05) is 5.32 Å². The second-order valence-corrected chi connectivity index (χ2v) is 7.28. The Morgan fingerprint density at radius 1 is 1.15 bits per heavy atom. The number of nitrogens with zero attached hydrogens (tertiary/aromatic N) is 1. The fourth-order valence-electron chi connectivity index (χ4n) is 2.42. The molecule has 0 saturated carbocycles. The van der Waals surface area contributed by atoms with Crippen molar-refractivity contribution in [1.29, 1.82) is 0 Å². The van der Waals surface area contributed by atoms with Gasteiger partial charge >= 0.3 is 0 Å². The normalized spacial score (nSPS) is 12.3. The topological polar surface area (TPSA) is 81.5 Å². The Hall–Kier alpha value is -2.89. The van der Waals surface area contributed by atoms with Gasteiger partial charge in [-0.1, -0.05) is 39.0 Å². The Kier molecular flexibility index (Phi) is 5.65. The monoisotopic (exact) mass is 356 g/mol. The molecule has 0 aliphatic heterocycles. The van der Waals surface area contributed by atoms with E-state index < -0.39 is 11.0 Å². The molecule has 0 fully saturated rings. The standard InChI is InChI=1S/C20H24N2O4/c1-13-6-9-16(12-18(13)22(24)25)21-19(23)14(2)26-17-10-7-15(8-11-17)20(3,4)5/h6-12,14H,1-5H3,(H,21,23). The lowest BCUT2D eigenvalue weighted by atomic mass is 9.87. The van der Waals surface area contributed by atoms with Gasteiger partial charge < -0.3 is 10.1 Å². The van der Waals surface area contributed by atoms with Crippen LogP contribution in [-0.4, -0.2) is 16.9 Å². The number of ether oxygens (including phenoxy) is 1. The number of rotatable bonds is 5. The molecule has 0 saturated heterocycles. The lowest BCUT2D eigenvalue weighted by Gasteiger charge is -2.20. The first kappa shape index (κ1) is 19.4. The minimum Gasteiger partial charge on any atom is -0.481 e. The van der Waals surface area contributed by atoms with E-state index in [1.807, 2.05) is 24.3 Å². The second-order valence-electron chi connectivity index (χ2n) is 7.28. The van der Waals surface area contributed by atoms with Crippen LogP contribution in [0.3, 0.4) is 0 Å². The van der Waals surface area contributed by atoms with E-state index in [1.54, 1.807) is 26.0 Å². The molecule has 0 aromatic heterocycles. The highest BCUT2D eigenvalue weighted by Gasteiger charge is 2.18. The van der Waals surface area contributed by atoms with Crippen LogP contribution in [0.1, 0.15) is 38.8 Å². The van der Waals surface area contributed by atoms with Crippen LogP contribution in [0.15, 0.2) is 42.5 Å². The van der Waals surface area contributed by atoms with Gasteiger partial charge in [-0.05, 0) is 43.0 Å². The number of nitro benzene ring substituents is 1. The summed E-state index contributed by atoms with van der Waals surface area (Å²) in [6.07, 6.45) is -0.740. The fraction of sp³-hybridized carbons (Fsp3) is 0.350. The highest BCUT2D eigenvalue weighted by atomic mass is 16.6. The van der Waals surface area contributed by atoms with Crippen molar-refractivity contribution in [3.63, 3.8) is 0 Å². The first-order chi connectivity index (χ1) is 12.1. The van der Waals surface area contributed by atoms with Crippen molar-refractivity contribution < 1.29 is 14.5 Å². The van der Waals surface area contributed by atoms with Crippen molar-refractivity contribution in [1.82, 2.24) is 0 Å². The lowest BCUT2D eigenvalue weighted by molar-refractivity contribution is -0.385. The number of hydrogen-bond acceptors (Lipinski definition) is 4. The number of nitro groups is 1. The predicted octanol–water partition coefficient (Wildman–Crippen LogP) is 4.61. The Morgan fingerprint density at radius 3 is 2.31 bits per heavy atom. The molecule has 6 heteroatoms. The third-order valence-corrected chi connectivity index (χ3v) is 4.08. The van der Waals surface area contributed by atoms with E-state index in [4.69, 9.17) is 4.74 Å². The van der Waals surface area contributed by atoms with Crippen LogP contribution >= 0.6 is 0 Å². The van der Waals surface area contributed by atoms with E-state index in [0.29, 0.717) is 17.0 Å². The summed E-state index contributed by atoms with van der Waals surface area (Å²) >= 11 is 0. The Balaban J connectivity index is 2.04. The Bertz CT molecular complexity index is 808. The number of carbonyl (C=O) groups is 1. The molecule has 1 amide bonds. The Labute approximate surface area is 153 Å². The molecule has 1 N–H and O–H groups in total. The van der Waals surface area contributed by atoms with E-state index in [0.717, 1.165) is 0 Å². The average molecular weight is 356 g/mol. The van der Waals surface area contributed by atoms with Gasteiger partial charge in [0.15, 0.2) is 6.10 Å². The van der Waals surface area contributed by atoms with E-state index >= 15 is 0 Å². The van der Waals surface area contributed by atoms with Crippen molar-refractivity contribution in [3.05, 3.63) is 63.7 Å². The minimum atomic E-state index is -0.740. The highest BCUT2D eigenvalue weighted by Crippen LogP contribution is 2.25. The average Bonchev–Trinajstić information content (AvgIpc) is 2.56. The molecule has 0 heterocycles. The number of amides is 1. The molecule has 0 spiro atoms. The van der Waals surface area contributed by atoms with Gasteiger partial charge in [0.25, 0.3) is 11.6 Å². The molecule has 6 nitrogen and oxygen atoms in total. The van der Waals surface area contributed by atoms with Crippen LogP contribution in [0.25, 0.3) is 0 Å². The van der Waals surface area contributed by atoms with Gasteiger partial charge in [0.05, 0.1) is 4.92 Å². The molecule has 1 atom stereocenters. The van der Waals surface area contributed by atoms with Gasteiger partial charge in [0.1, 0.15) is 5.75 Å². The molecule has 2 rings (SSSR count). The second kappa shape index (κ2) is 7.56. The number of carbonyl (C=O) groups excluding carboxylic acids is 1. The lowest BCUT2D eigenvalue weighted by Crippen LogP contribution is -2.30. The van der Waals surface area contributed by atoms with Crippen molar-refractivity contribution in [2.45, 2.75) is 46.1 Å². The van der Waals surface area contributed by atoms with Crippen molar-refractivity contribution in [3.8, 4) is 5.75 Å².